The van der Waals surface area contributed by atoms with Crippen molar-refractivity contribution in [3.63, 3.8) is 0 Å². The van der Waals surface area contributed by atoms with E-state index in [1.807, 2.05) is 64.1 Å². The maximum atomic E-state index is 12.6. The first-order valence-corrected chi connectivity index (χ1v) is 12.3. The maximum absolute atomic E-state index is 12.6. The number of nitriles is 1. The minimum atomic E-state index is -0.561. The van der Waals surface area contributed by atoms with Crippen LogP contribution in [0.2, 0.25) is 0 Å². The fourth-order valence-electron chi connectivity index (χ4n) is 4.11. The van der Waals surface area contributed by atoms with Gasteiger partial charge in [-0.25, -0.2) is 9.78 Å². The molecule has 2 aromatic rings. The second kappa shape index (κ2) is 11.8. The molecule has 1 aromatic heterocycles. The maximum Gasteiger partial charge on any atom is 0.410 e. The van der Waals surface area contributed by atoms with Crippen LogP contribution in [0.3, 0.4) is 0 Å². The standard InChI is InChI=1S/C27H36N6O3/c1-5-30-23(29)22-21(11-16-31-24(22)35-19-20-9-7-6-8-10-20)32-27(12-15-28)13-17-33(18-14-27)25(34)36-26(2,3)4/h6-11,16H,5,12-14,17-19H2,1-4H3,(H2,29,30)(H,31,32). The molecule has 3 N–H and O–H groups in total. The van der Waals surface area contributed by atoms with Gasteiger partial charge in [0.25, 0.3) is 0 Å². The summed E-state index contributed by atoms with van der Waals surface area (Å²) >= 11 is 0. The molecular weight excluding hydrogens is 456 g/mol. The topological polar surface area (TPSA) is 126 Å². The van der Waals surface area contributed by atoms with Crippen molar-refractivity contribution in [2.75, 3.05) is 25.0 Å². The molecule has 0 bridgehead atoms. The number of nitrogens with zero attached hydrogens (tertiary/aromatic N) is 4. The molecular formula is C27H36N6O3. The molecule has 1 aliphatic heterocycles. The second-order valence-electron chi connectivity index (χ2n) is 9.88. The summed E-state index contributed by atoms with van der Waals surface area (Å²) in [4.78, 5) is 23.1. The van der Waals surface area contributed by atoms with Gasteiger partial charge in [-0.3, -0.25) is 4.99 Å². The number of benzene rings is 1. The molecule has 1 aromatic carbocycles. The number of carbonyl (C=O) groups is 1. The van der Waals surface area contributed by atoms with Gasteiger partial charge in [-0.1, -0.05) is 30.3 Å². The number of aromatic nitrogens is 1. The number of hydrogen-bond donors (Lipinski definition) is 2. The molecule has 36 heavy (non-hydrogen) atoms. The monoisotopic (exact) mass is 492 g/mol. The molecule has 9 heteroatoms. The van der Waals surface area contributed by atoms with E-state index in [1.165, 1.54) is 0 Å². The SMILES string of the molecule is CCN=C(N)c1c(NC2(CC#N)CCN(C(=O)OC(C)(C)C)CC2)ccnc1OCc1ccccc1. The predicted octanol–water partition coefficient (Wildman–Crippen LogP) is 4.48. The lowest BCUT2D eigenvalue weighted by Gasteiger charge is -2.42. The number of carbonyl (C=O) groups excluding carboxylic acids is 1. The van der Waals surface area contributed by atoms with E-state index in [-0.39, 0.29) is 12.5 Å². The third kappa shape index (κ3) is 7.11. The van der Waals surface area contributed by atoms with Gasteiger partial charge in [0.05, 0.1) is 23.7 Å². The smallest absolute Gasteiger partial charge is 0.410 e. The van der Waals surface area contributed by atoms with Crippen molar-refractivity contribution < 1.29 is 14.3 Å². The van der Waals surface area contributed by atoms with Crippen molar-refractivity contribution in [3.05, 3.63) is 53.7 Å². The first-order chi connectivity index (χ1) is 17.2. The van der Waals surface area contributed by atoms with Gasteiger partial charge in [-0.15, -0.1) is 0 Å². The number of likely N-dealkylation sites (tertiary alicyclic amines) is 1. The van der Waals surface area contributed by atoms with E-state index < -0.39 is 11.1 Å². The lowest BCUT2D eigenvalue weighted by molar-refractivity contribution is 0.0179. The van der Waals surface area contributed by atoms with Crippen LogP contribution in [0.25, 0.3) is 0 Å². The Morgan fingerprint density at radius 1 is 1.25 bits per heavy atom. The van der Waals surface area contributed by atoms with E-state index in [2.05, 4.69) is 21.4 Å². The third-order valence-electron chi connectivity index (χ3n) is 5.91. The molecule has 192 valence electrons. The normalized spacial score (nSPS) is 15.6. The van der Waals surface area contributed by atoms with Gasteiger partial charge in [-0.2, -0.15) is 5.26 Å². The number of amidine groups is 1. The second-order valence-corrected chi connectivity index (χ2v) is 9.88. The Labute approximate surface area is 213 Å². The lowest BCUT2D eigenvalue weighted by Crippen LogP contribution is -2.51. The van der Waals surface area contributed by atoms with Gasteiger partial charge in [0.15, 0.2) is 0 Å². The zero-order valence-electron chi connectivity index (χ0n) is 21.6. The average molecular weight is 493 g/mol. The first-order valence-electron chi connectivity index (χ1n) is 12.3. The minimum Gasteiger partial charge on any atom is -0.472 e. The summed E-state index contributed by atoms with van der Waals surface area (Å²) < 4.78 is 11.6. The molecule has 0 aliphatic carbocycles. The Kier molecular flexibility index (Phi) is 8.75. The molecule has 1 fully saturated rings. The summed E-state index contributed by atoms with van der Waals surface area (Å²) in [5.41, 5.74) is 7.54. The Hall–Kier alpha value is -3.80. The van der Waals surface area contributed by atoms with E-state index >= 15 is 0 Å². The van der Waals surface area contributed by atoms with Crippen LogP contribution in [0.1, 0.15) is 58.1 Å². The molecule has 0 unspecified atom stereocenters. The fraction of sp³-hybridized carbons (Fsp3) is 0.481. The van der Waals surface area contributed by atoms with E-state index in [4.69, 9.17) is 15.2 Å². The Morgan fingerprint density at radius 2 is 1.94 bits per heavy atom. The van der Waals surface area contributed by atoms with E-state index in [9.17, 15) is 10.1 Å². The van der Waals surface area contributed by atoms with E-state index in [0.29, 0.717) is 62.0 Å². The largest absolute Gasteiger partial charge is 0.472 e. The number of nitrogens with one attached hydrogen (secondary N) is 1. The highest BCUT2D eigenvalue weighted by molar-refractivity contribution is 6.04. The number of ether oxygens (including phenoxy) is 2. The Bertz CT molecular complexity index is 1100. The number of rotatable bonds is 8. The summed E-state index contributed by atoms with van der Waals surface area (Å²) in [7, 11) is 0. The number of hydrogen-bond acceptors (Lipinski definition) is 7. The first kappa shape index (κ1) is 26.8. The van der Waals surface area contributed by atoms with Crippen molar-refractivity contribution in [2.24, 2.45) is 10.7 Å². The van der Waals surface area contributed by atoms with Gasteiger partial charge >= 0.3 is 6.09 Å². The van der Waals surface area contributed by atoms with Crippen LogP contribution < -0.4 is 15.8 Å². The molecule has 1 amide bonds. The van der Waals surface area contributed by atoms with Gasteiger partial charge in [0.2, 0.25) is 5.88 Å². The zero-order chi connectivity index (χ0) is 26.2. The van der Waals surface area contributed by atoms with Crippen LogP contribution >= 0.6 is 0 Å². The van der Waals surface area contributed by atoms with Crippen LogP contribution in [0.15, 0.2) is 47.6 Å². The quantitative estimate of drug-likeness (QED) is 0.411. The molecule has 1 aliphatic rings. The zero-order valence-corrected chi connectivity index (χ0v) is 21.6. The molecule has 0 spiro atoms. The number of nitrogens with two attached hydrogens (primary N) is 1. The van der Waals surface area contributed by atoms with Crippen molar-refractivity contribution in [3.8, 4) is 11.9 Å². The van der Waals surface area contributed by atoms with E-state index in [0.717, 1.165) is 5.56 Å². The average Bonchev–Trinajstić information content (AvgIpc) is 2.83. The van der Waals surface area contributed by atoms with Crippen molar-refractivity contribution in [1.82, 2.24) is 9.88 Å². The summed E-state index contributed by atoms with van der Waals surface area (Å²) in [6.45, 7) is 9.23. The molecule has 0 atom stereocenters. The van der Waals surface area contributed by atoms with Gasteiger partial charge in [0, 0.05) is 25.8 Å². The molecule has 0 saturated carbocycles. The van der Waals surface area contributed by atoms with Gasteiger partial charge in [0.1, 0.15) is 23.6 Å². The highest BCUT2D eigenvalue weighted by Gasteiger charge is 2.38. The minimum absolute atomic E-state index is 0.266. The Morgan fingerprint density at radius 3 is 2.56 bits per heavy atom. The van der Waals surface area contributed by atoms with Crippen molar-refractivity contribution in [1.29, 1.82) is 5.26 Å². The van der Waals surface area contributed by atoms with Crippen LogP contribution in [-0.2, 0) is 11.3 Å². The summed E-state index contributed by atoms with van der Waals surface area (Å²) in [6, 6.07) is 13.9. The molecule has 1 saturated heterocycles. The fourth-order valence-corrected chi connectivity index (χ4v) is 4.11. The van der Waals surface area contributed by atoms with Crippen LogP contribution in [-0.4, -0.2) is 52.6 Å². The molecule has 0 radical (unpaired) electrons. The number of aliphatic imine (C=N–C) groups is 1. The number of amides is 1. The molecule has 3 rings (SSSR count). The van der Waals surface area contributed by atoms with Crippen LogP contribution in [0, 0.1) is 11.3 Å². The van der Waals surface area contributed by atoms with Crippen molar-refractivity contribution in [2.45, 2.75) is 64.7 Å². The van der Waals surface area contributed by atoms with Gasteiger partial charge in [-0.05, 0) is 52.2 Å². The van der Waals surface area contributed by atoms with Crippen molar-refractivity contribution >= 4 is 17.6 Å². The Balaban J connectivity index is 1.85. The number of pyridine rings is 1. The number of piperidine rings is 1. The summed E-state index contributed by atoms with van der Waals surface area (Å²) in [5.74, 6) is 0.686. The number of anilines is 1. The predicted molar refractivity (Wildman–Crippen MR) is 140 cm³/mol. The lowest BCUT2D eigenvalue weighted by atomic mass is 9.84. The third-order valence-corrected chi connectivity index (χ3v) is 5.91. The summed E-state index contributed by atoms with van der Waals surface area (Å²) in [5, 5.41) is 13.2. The highest BCUT2D eigenvalue weighted by Crippen LogP contribution is 2.34. The molecule has 2 heterocycles. The van der Waals surface area contributed by atoms with Gasteiger partial charge < -0.3 is 25.4 Å². The van der Waals surface area contributed by atoms with E-state index in [1.54, 1.807) is 11.1 Å². The summed E-state index contributed by atoms with van der Waals surface area (Å²) in [6.07, 6.45) is 2.73. The molecule has 9 nitrogen and oxygen atoms in total. The highest BCUT2D eigenvalue weighted by atomic mass is 16.6. The van der Waals surface area contributed by atoms with Crippen LogP contribution in [0.5, 0.6) is 5.88 Å². The van der Waals surface area contributed by atoms with Crippen LogP contribution in [0.4, 0.5) is 10.5 Å².